The maximum absolute atomic E-state index is 12.1. The van der Waals surface area contributed by atoms with Crippen molar-refractivity contribution in [2.45, 2.75) is 18.7 Å². The second-order valence-corrected chi connectivity index (χ2v) is 6.25. The molecule has 0 atom stereocenters. The van der Waals surface area contributed by atoms with Gasteiger partial charge in [0, 0.05) is 0 Å². The van der Waals surface area contributed by atoms with Gasteiger partial charge in [-0.15, -0.1) is 0 Å². The van der Waals surface area contributed by atoms with Gasteiger partial charge >= 0.3 is 0 Å². The number of carbonyl (C=O) groups is 1. The van der Waals surface area contributed by atoms with E-state index in [1.165, 1.54) is 12.1 Å². The van der Waals surface area contributed by atoms with Gasteiger partial charge in [0.25, 0.3) is 0 Å². The number of Topliss-reactive ketones (excluding diaryl/α,β-unsaturated/α-hetero) is 1. The average Bonchev–Trinajstić information content (AvgIpc) is 2.19. The van der Waals surface area contributed by atoms with Crippen LogP contribution in [0.3, 0.4) is 0 Å². The molecule has 1 aromatic rings. The highest BCUT2D eigenvalue weighted by Crippen LogP contribution is 2.28. The third-order valence-corrected chi connectivity index (χ3v) is 4.85. The summed E-state index contributed by atoms with van der Waals surface area (Å²) in [6, 6.07) is 3.65. The Hall–Kier alpha value is -1.04. The summed E-state index contributed by atoms with van der Waals surface area (Å²) in [5.74, 6) is -1.31. The van der Waals surface area contributed by atoms with E-state index in [1.54, 1.807) is 0 Å². The van der Waals surface area contributed by atoms with Crippen LogP contribution in [0.4, 0.5) is 0 Å². The standard InChI is InChI=1S/C11H10Cl2O4S/c1-6(14)11(7(2)15)18(16,17)8-3-4-9(12)10(13)5-8/h3-5,14H,1-2H3/b11-6+. The van der Waals surface area contributed by atoms with Crippen LogP contribution in [-0.4, -0.2) is 19.3 Å². The summed E-state index contributed by atoms with van der Waals surface area (Å²) in [5.41, 5.74) is 0. The van der Waals surface area contributed by atoms with Crippen molar-refractivity contribution in [3.05, 3.63) is 38.9 Å². The molecule has 0 amide bonds. The van der Waals surface area contributed by atoms with Crippen molar-refractivity contribution < 1.29 is 18.3 Å². The number of hydrogen-bond acceptors (Lipinski definition) is 4. The van der Waals surface area contributed by atoms with Crippen LogP contribution in [0.15, 0.2) is 33.8 Å². The van der Waals surface area contributed by atoms with Gasteiger partial charge in [0.2, 0.25) is 9.84 Å². The molecule has 7 heteroatoms. The molecule has 98 valence electrons. The van der Waals surface area contributed by atoms with E-state index in [4.69, 9.17) is 23.2 Å². The molecule has 0 aromatic heterocycles. The zero-order valence-corrected chi connectivity index (χ0v) is 11.9. The van der Waals surface area contributed by atoms with Crippen molar-refractivity contribution in [2.75, 3.05) is 0 Å². The van der Waals surface area contributed by atoms with Crippen LogP contribution in [0, 0.1) is 0 Å². The summed E-state index contributed by atoms with van der Waals surface area (Å²) >= 11 is 11.4. The Bertz CT molecular complexity index is 628. The van der Waals surface area contributed by atoms with Crippen LogP contribution < -0.4 is 0 Å². The Labute approximate surface area is 115 Å². The Morgan fingerprint density at radius 2 is 1.72 bits per heavy atom. The van der Waals surface area contributed by atoms with Crippen molar-refractivity contribution >= 4 is 38.8 Å². The van der Waals surface area contributed by atoms with Crippen LogP contribution in [0.5, 0.6) is 0 Å². The van der Waals surface area contributed by atoms with Crippen LogP contribution in [0.1, 0.15) is 13.8 Å². The number of allylic oxidation sites excluding steroid dienone is 2. The molecule has 0 heterocycles. The first-order valence-corrected chi connectivity index (χ1v) is 7.02. The lowest BCUT2D eigenvalue weighted by Crippen LogP contribution is -2.13. The monoisotopic (exact) mass is 308 g/mol. The van der Waals surface area contributed by atoms with E-state index in [0.717, 1.165) is 19.9 Å². The maximum Gasteiger partial charge on any atom is 0.213 e. The molecular formula is C11H10Cl2O4S. The highest BCUT2D eigenvalue weighted by molar-refractivity contribution is 7.96. The minimum absolute atomic E-state index is 0.0521. The number of aliphatic hydroxyl groups is 1. The number of benzene rings is 1. The minimum Gasteiger partial charge on any atom is -0.511 e. The molecule has 4 nitrogen and oxygen atoms in total. The van der Waals surface area contributed by atoms with Crippen molar-refractivity contribution in [2.24, 2.45) is 0 Å². The molecular weight excluding hydrogens is 299 g/mol. The van der Waals surface area contributed by atoms with Gasteiger partial charge in [-0.2, -0.15) is 0 Å². The highest BCUT2D eigenvalue weighted by Gasteiger charge is 2.27. The molecule has 0 saturated carbocycles. The van der Waals surface area contributed by atoms with Gasteiger partial charge in [-0.05, 0) is 32.0 Å². The second-order valence-electron chi connectivity index (χ2n) is 3.55. The lowest BCUT2D eigenvalue weighted by molar-refractivity contribution is -0.113. The Morgan fingerprint density at radius 1 is 1.17 bits per heavy atom. The number of carbonyl (C=O) groups excluding carboxylic acids is 1. The third kappa shape index (κ3) is 2.85. The summed E-state index contributed by atoms with van der Waals surface area (Å²) < 4.78 is 24.3. The van der Waals surface area contributed by atoms with E-state index < -0.39 is 26.3 Å². The van der Waals surface area contributed by atoms with Crippen LogP contribution in [-0.2, 0) is 14.6 Å². The van der Waals surface area contributed by atoms with E-state index in [-0.39, 0.29) is 14.9 Å². The number of aliphatic hydroxyl groups excluding tert-OH is 1. The lowest BCUT2D eigenvalue weighted by atomic mass is 10.3. The summed E-state index contributed by atoms with van der Waals surface area (Å²) in [7, 11) is -4.10. The molecule has 1 rings (SSSR count). The zero-order chi connectivity index (χ0) is 14.1. The van der Waals surface area contributed by atoms with Gasteiger partial charge in [-0.3, -0.25) is 4.79 Å². The number of hydrogen-bond donors (Lipinski definition) is 1. The minimum atomic E-state index is -4.10. The van der Waals surface area contributed by atoms with Crippen molar-refractivity contribution in [1.82, 2.24) is 0 Å². The molecule has 0 aliphatic carbocycles. The molecule has 0 unspecified atom stereocenters. The number of ketones is 1. The van der Waals surface area contributed by atoms with E-state index in [0.29, 0.717) is 0 Å². The summed E-state index contributed by atoms with van der Waals surface area (Å²) in [6.07, 6.45) is 0. The molecule has 18 heavy (non-hydrogen) atoms. The maximum atomic E-state index is 12.1. The summed E-state index contributed by atoms with van der Waals surface area (Å²) in [5, 5.41) is 9.57. The molecule has 0 aliphatic heterocycles. The number of rotatable bonds is 3. The molecule has 0 fully saturated rings. The van der Waals surface area contributed by atoms with E-state index in [9.17, 15) is 18.3 Å². The molecule has 0 saturated heterocycles. The molecule has 0 aliphatic rings. The predicted molar refractivity (Wildman–Crippen MR) is 69.7 cm³/mol. The summed E-state index contributed by atoms with van der Waals surface area (Å²) in [6.45, 7) is 2.19. The molecule has 0 spiro atoms. The lowest BCUT2D eigenvalue weighted by Gasteiger charge is -2.08. The van der Waals surface area contributed by atoms with E-state index >= 15 is 0 Å². The predicted octanol–water partition coefficient (Wildman–Crippen LogP) is 3.15. The third-order valence-electron chi connectivity index (χ3n) is 2.12. The average molecular weight is 309 g/mol. The molecule has 1 N–H and O–H groups in total. The normalized spacial score (nSPS) is 13.1. The van der Waals surface area contributed by atoms with Gasteiger partial charge in [0.05, 0.1) is 14.9 Å². The second kappa shape index (κ2) is 5.30. The van der Waals surface area contributed by atoms with Crippen molar-refractivity contribution in [1.29, 1.82) is 0 Å². The van der Waals surface area contributed by atoms with E-state index in [1.807, 2.05) is 0 Å². The van der Waals surface area contributed by atoms with E-state index in [2.05, 4.69) is 0 Å². The van der Waals surface area contributed by atoms with Gasteiger partial charge in [0.1, 0.15) is 5.76 Å². The van der Waals surface area contributed by atoms with Crippen LogP contribution in [0.2, 0.25) is 10.0 Å². The fraction of sp³-hybridized carbons (Fsp3) is 0.182. The van der Waals surface area contributed by atoms with Crippen molar-refractivity contribution in [3.63, 3.8) is 0 Å². The zero-order valence-electron chi connectivity index (χ0n) is 9.57. The Balaban J connectivity index is 3.52. The highest BCUT2D eigenvalue weighted by atomic mass is 35.5. The smallest absolute Gasteiger partial charge is 0.213 e. The first-order valence-electron chi connectivity index (χ1n) is 4.79. The fourth-order valence-electron chi connectivity index (χ4n) is 1.40. The fourth-order valence-corrected chi connectivity index (χ4v) is 3.29. The van der Waals surface area contributed by atoms with Gasteiger partial charge in [-0.1, -0.05) is 23.2 Å². The number of sulfone groups is 1. The van der Waals surface area contributed by atoms with Gasteiger partial charge in [0.15, 0.2) is 10.7 Å². The SMILES string of the molecule is CC(=O)/C(=C(/C)O)S(=O)(=O)c1ccc(Cl)c(Cl)c1. The molecule has 0 radical (unpaired) electrons. The Kier molecular flexibility index (Phi) is 4.42. The topological polar surface area (TPSA) is 71.4 Å². The molecule has 1 aromatic carbocycles. The molecule has 0 bridgehead atoms. The first kappa shape index (κ1) is 15.0. The summed E-state index contributed by atoms with van der Waals surface area (Å²) in [4.78, 5) is 10.5. The van der Waals surface area contributed by atoms with Crippen molar-refractivity contribution in [3.8, 4) is 0 Å². The quantitative estimate of drug-likeness (QED) is 0.688. The van der Waals surface area contributed by atoms with Crippen LogP contribution >= 0.6 is 23.2 Å². The van der Waals surface area contributed by atoms with Gasteiger partial charge in [-0.25, -0.2) is 8.42 Å². The largest absolute Gasteiger partial charge is 0.511 e. The van der Waals surface area contributed by atoms with Crippen LogP contribution in [0.25, 0.3) is 0 Å². The Morgan fingerprint density at radius 3 is 2.11 bits per heavy atom. The number of halogens is 2. The first-order chi connectivity index (χ1) is 8.17. The van der Waals surface area contributed by atoms with Gasteiger partial charge < -0.3 is 5.11 Å².